The highest BCUT2D eigenvalue weighted by Crippen LogP contribution is 2.42. The maximum absolute atomic E-state index is 6.59. The Morgan fingerprint density at radius 1 is 0.971 bits per heavy atom. The molecule has 0 radical (unpaired) electrons. The number of nitrogens with one attached hydrogen (secondary N) is 1. The van der Waals surface area contributed by atoms with E-state index in [0.717, 1.165) is 34.0 Å². The Balaban J connectivity index is 1.63. The molecule has 0 saturated carbocycles. The first kappa shape index (κ1) is 22.8. The average molecular weight is 508 g/mol. The Hall–Kier alpha value is -2.93. The van der Waals surface area contributed by atoms with Crippen LogP contribution in [0.3, 0.4) is 0 Å². The van der Waals surface area contributed by atoms with Crippen molar-refractivity contribution in [3.8, 4) is 5.69 Å². The molecule has 172 valence electrons. The zero-order valence-electron chi connectivity index (χ0n) is 18.7. The minimum Gasteiger partial charge on any atom is -0.352 e. The number of nitrogens with zero attached hydrogens (tertiary/aromatic N) is 4. The maximum Gasteiger partial charge on any atom is 0.170 e. The fourth-order valence-corrected chi connectivity index (χ4v) is 5.50. The van der Waals surface area contributed by atoms with Crippen molar-refractivity contribution in [1.82, 2.24) is 24.8 Å². The van der Waals surface area contributed by atoms with Crippen LogP contribution in [0, 0.1) is 13.8 Å². The lowest BCUT2D eigenvalue weighted by atomic mass is 9.96. The van der Waals surface area contributed by atoms with Crippen molar-refractivity contribution in [1.29, 1.82) is 0 Å². The molecule has 0 aliphatic carbocycles. The third-order valence-electron chi connectivity index (χ3n) is 6.20. The highest BCUT2D eigenvalue weighted by atomic mass is 35.5. The number of rotatable bonds is 5. The number of halogens is 2. The topological polar surface area (TPSA) is 46.0 Å². The predicted molar refractivity (Wildman–Crippen MR) is 140 cm³/mol. The van der Waals surface area contributed by atoms with E-state index < -0.39 is 0 Å². The monoisotopic (exact) mass is 507 g/mol. The highest BCUT2D eigenvalue weighted by molar-refractivity contribution is 7.80. The van der Waals surface area contributed by atoms with Gasteiger partial charge in [0.1, 0.15) is 0 Å². The average Bonchev–Trinajstić information content (AvgIpc) is 3.30. The minimum atomic E-state index is -0.105. The van der Waals surface area contributed by atoms with Gasteiger partial charge >= 0.3 is 0 Å². The summed E-state index contributed by atoms with van der Waals surface area (Å²) in [6.07, 6.45) is 3.62. The van der Waals surface area contributed by atoms with E-state index in [1.807, 2.05) is 60.9 Å². The van der Waals surface area contributed by atoms with E-state index in [0.29, 0.717) is 21.7 Å². The largest absolute Gasteiger partial charge is 0.352 e. The smallest absolute Gasteiger partial charge is 0.170 e. The van der Waals surface area contributed by atoms with Crippen LogP contribution in [0.5, 0.6) is 0 Å². The second-order valence-corrected chi connectivity index (χ2v) is 9.56. The standard InChI is InChI=1S/C26H23Cl2N5S/c1-16-13-20(17(2)33(16)23-10-9-18(27)14-21(23)28)25-24(22-8-4-6-12-30-22)31-26(34)32(25)15-19-7-3-5-11-29-19/h3-14,24-25H,15H2,1-2H3,(H,31,34). The van der Waals surface area contributed by atoms with Crippen LogP contribution in [0.15, 0.2) is 73.1 Å². The Kier molecular flexibility index (Phi) is 6.30. The molecule has 1 fully saturated rings. The number of aryl methyl sites for hydroxylation is 1. The molecule has 0 spiro atoms. The molecule has 1 aliphatic rings. The number of pyridine rings is 2. The van der Waals surface area contributed by atoms with Crippen molar-refractivity contribution < 1.29 is 0 Å². The second-order valence-electron chi connectivity index (χ2n) is 8.33. The molecule has 0 amide bonds. The van der Waals surface area contributed by atoms with Gasteiger partial charge in [-0.25, -0.2) is 0 Å². The van der Waals surface area contributed by atoms with Gasteiger partial charge in [0.05, 0.1) is 40.7 Å². The van der Waals surface area contributed by atoms with Gasteiger partial charge in [-0.15, -0.1) is 0 Å². The Morgan fingerprint density at radius 3 is 2.41 bits per heavy atom. The van der Waals surface area contributed by atoms with E-state index in [9.17, 15) is 0 Å². The van der Waals surface area contributed by atoms with Crippen molar-refractivity contribution in [2.45, 2.75) is 32.5 Å². The molecule has 5 nitrogen and oxygen atoms in total. The van der Waals surface area contributed by atoms with Crippen LogP contribution < -0.4 is 5.32 Å². The molecular weight excluding hydrogens is 485 g/mol. The predicted octanol–water partition coefficient (Wildman–Crippen LogP) is 6.36. The molecule has 5 rings (SSSR count). The van der Waals surface area contributed by atoms with Gasteiger partial charge in [0.25, 0.3) is 0 Å². The molecule has 3 aromatic heterocycles. The van der Waals surface area contributed by atoms with E-state index in [2.05, 4.69) is 44.7 Å². The maximum atomic E-state index is 6.59. The Morgan fingerprint density at radius 2 is 1.74 bits per heavy atom. The van der Waals surface area contributed by atoms with Crippen LogP contribution in [0.1, 0.15) is 40.4 Å². The summed E-state index contributed by atoms with van der Waals surface area (Å²) >= 11 is 18.6. The van der Waals surface area contributed by atoms with Gasteiger partial charge in [0, 0.05) is 28.8 Å². The third-order valence-corrected chi connectivity index (χ3v) is 7.09. The third kappa shape index (κ3) is 4.17. The van der Waals surface area contributed by atoms with E-state index in [1.165, 1.54) is 0 Å². The normalized spacial score (nSPS) is 17.8. The zero-order valence-corrected chi connectivity index (χ0v) is 21.1. The van der Waals surface area contributed by atoms with Crippen LogP contribution in [-0.2, 0) is 6.54 Å². The van der Waals surface area contributed by atoms with Gasteiger partial charge in [-0.05, 0) is 80.2 Å². The van der Waals surface area contributed by atoms with Crippen molar-refractivity contribution in [2.24, 2.45) is 0 Å². The summed E-state index contributed by atoms with van der Waals surface area (Å²) in [6, 6.07) is 19.5. The van der Waals surface area contributed by atoms with Crippen molar-refractivity contribution in [3.05, 3.63) is 111 Å². The lowest BCUT2D eigenvalue weighted by Crippen LogP contribution is -2.29. The summed E-state index contributed by atoms with van der Waals surface area (Å²) in [5.74, 6) is 0. The molecular formula is C26H23Cl2N5S. The molecule has 8 heteroatoms. The molecule has 0 bridgehead atoms. The van der Waals surface area contributed by atoms with Crippen LogP contribution >= 0.6 is 35.4 Å². The fraction of sp³-hybridized carbons (Fsp3) is 0.192. The molecule has 1 N–H and O–H groups in total. The molecule has 2 unspecified atom stereocenters. The van der Waals surface area contributed by atoms with Crippen molar-refractivity contribution in [2.75, 3.05) is 0 Å². The van der Waals surface area contributed by atoms with Crippen LogP contribution in [0.4, 0.5) is 0 Å². The number of benzene rings is 1. The summed E-state index contributed by atoms with van der Waals surface area (Å²) < 4.78 is 2.17. The first-order valence-corrected chi connectivity index (χ1v) is 12.1. The number of hydrogen-bond acceptors (Lipinski definition) is 3. The minimum absolute atomic E-state index is 0.0737. The number of aromatic nitrogens is 3. The van der Waals surface area contributed by atoms with Crippen LogP contribution in [-0.4, -0.2) is 24.5 Å². The van der Waals surface area contributed by atoms with E-state index in [-0.39, 0.29) is 12.1 Å². The highest BCUT2D eigenvalue weighted by Gasteiger charge is 2.41. The molecule has 1 saturated heterocycles. The van der Waals surface area contributed by atoms with Gasteiger partial charge in [-0.3, -0.25) is 9.97 Å². The Bertz CT molecular complexity index is 1340. The molecule has 4 aromatic rings. The molecule has 4 heterocycles. The number of hydrogen-bond donors (Lipinski definition) is 1. The lowest BCUT2D eigenvalue weighted by Gasteiger charge is -2.28. The van der Waals surface area contributed by atoms with Gasteiger partial charge < -0.3 is 14.8 Å². The molecule has 2 atom stereocenters. The van der Waals surface area contributed by atoms with E-state index >= 15 is 0 Å². The second kappa shape index (κ2) is 9.37. The molecule has 34 heavy (non-hydrogen) atoms. The summed E-state index contributed by atoms with van der Waals surface area (Å²) in [5, 5.41) is 5.41. The summed E-state index contributed by atoms with van der Waals surface area (Å²) in [5.41, 5.74) is 6.10. The SMILES string of the molecule is Cc1cc(C2C(c3ccccn3)NC(=S)N2Cc2ccccn2)c(C)n1-c1ccc(Cl)cc1Cl. The summed E-state index contributed by atoms with van der Waals surface area (Å²) in [7, 11) is 0. The van der Waals surface area contributed by atoms with Gasteiger partial charge in [0.2, 0.25) is 0 Å². The van der Waals surface area contributed by atoms with Crippen molar-refractivity contribution in [3.63, 3.8) is 0 Å². The van der Waals surface area contributed by atoms with E-state index in [4.69, 9.17) is 35.4 Å². The van der Waals surface area contributed by atoms with Crippen molar-refractivity contribution >= 4 is 40.5 Å². The molecule has 1 aromatic carbocycles. The van der Waals surface area contributed by atoms with Gasteiger partial charge in [-0.1, -0.05) is 35.3 Å². The fourth-order valence-electron chi connectivity index (χ4n) is 4.70. The summed E-state index contributed by atoms with van der Waals surface area (Å²) in [6.45, 7) is 4.79. The van der Waals surface area contributed by atoms with Crippen LogP contribution in [0.2, 0.25) is 10.0 Å². The zero-order chi connectivity index (χ0) is 23.8. The van der Waals surface area contributed by atoms with Gasteiger partial charge in [-0.2, -0.15) is 0 Å². The first-order chi connectivity index (χ1) is 16.4. The first-order valence-electron chi connectivity index (χ1n) is 11.0. The van der Waals surface area contributed by atoms with Gasteiger partial charge in [0.15, 0.2) is 5.11 Å². The van der Waals surface area contributed by atoms with E-state index in [1.54, 1.807) is 6.07 Å². The quantitative estimate of drug-likeness (QED) is 0.318. The number of thiocarbonyl (C=S) groups is 1. The molecule has 1 aliphatic heterocycles. The van der Waals surface area contributed by atoms with Crippen LogP contribution in [0.25, 0.3) is 5.69 Å². The lowest BCUT2D eigenvalue weighted by molar-refractivity contribution is 0.307. The Labute approximate surface area is 214 Å². The summed E-state index contributed by atoms with van der Waals surface area (Å²) in [4.78, 5) is 11.4.